The smallest absolute Gasteiger partial charge is 0.260 e. The molecule has 7 nitrogen and oxygen atoms in total. The Labute approximate surface area is 187 Å². The Morgan fingerprint density at radius 1 is 1.09 bits per heavy atom. The van der Waals surface area contributed by atoms with E-state index in [0.29, 0.717) is 38.0 Å². The number of benzene rings is 2. The van der Waals surface area contributed by atoms with Crippen LogP contribution in [0.25, 0.3) is 12.2 Å². The highest BCUT2D eigenvalue weighted by Gasteiger charge is 2.26. The summed E-state index contributed by atoms with van der Waals surface area (Å²) >= 11 is 0. The summed E-state index contributed by atoms with van der Waals surface area (Å²) in [6.07, 6.45) is 3.64. The fourth-order valence-corrected chi connectivity index (χ4v) is 3.53. The van der Waals surface area contributed by atoms with Crippen LogP contribution in [0, 0.1) is 18.3 Å². The number of aryl methyl sites for hydroxylation is 1. The maximum atomic E-state index is 12.6. The molecule has 1 saturated heterocycles. The van der Waals surface area contributed by atoms with Crippen molar-refractivity contribution >= 4 is 23.9 Å². The Kier molecular flexibility index (Phi) is 6.52. The molecule has 1 amide bonds. The second kappa shape index (κ2) is 9.84. The summed E-state index contributed by atoms with van der Waals surface area (Å²) < 4.78 is 11.5. The molecule has 0 N–H and O–H groups in total. The quantitative estimate of drug-likeness (QED) is 0.595. The van der Waals surface area contributed by atoms with Gasteiger partial charge in [-0.15, -0.1) is 0 Å². The molecule has 162 valence electrons. The highest BCUT2D eigenvalue weighted by Crippen LogP contribution is 2.24. The fourth-order valence-electron chi connectivity index (χ4n) is 3.53. The van der Waals surface area contributed by atoms with Gasteiger partial charge in [0.1, 0.15) is 11.8 Å². The van der Waals surface area contributed by atoms with E-state index in [9.17, 15) is 10.1 Å². The van der Waals surface area contributed by atoms with E-state index < -0.39 is 0 Å². The molecule has 0 atom stereocenters. The van der Waals surface area contributed by atoms with Crippen LogP contribution in [-0.4, -0.2) is 48.6 Å². The highest BCUT2D eigenvalue weighted by atomic mass is 16.5. The van der Waals surface area contributed by atoms with Crippen LogP contribution in [0.2, 0.25) is 0 Å². The number of ether oxygens (including phenoxy) is 1. The summed E-state index contributed by atoms with van der Waals surface area (Å²) in [5.41, 5.74) is 2.27. The second-order valence-corrected chi connectivity index (χ2v) is 7.48. The lowest BCUT2D eigenvalue weighted by Crippen LogP contribution is -2.50. The largest absolute Gasteiger partial charge is 0.484 e. The molecule has 0 aliphatic carbocycles. The molecule has 2 aromatic carbocycles. The molecule has 7 heteroatoms. The summed E-state index contributed by atoms with van der Waals surface area (Å²) in [4.78, 5) is 20.6. The van der Waals surface area contributed by atoms with Crippen LogP contribution in [0.4, 0.5) is 5.88 Å². The van der Waals surface area contributed by atoms with Gasteiger partial charge in [0.25, 0.3) is 5.91 Å². The third kappa shape index (κ3) is 4.98. The summed E-state index contributed by atoms with van der Waals surface area (Å²) in [5, 5.41) is 9.48. The number of aromatic nitrogens is 1. The Balaban J connectivity index is 1.35. The number of hydrogen-bond acceptors (Lipinski definition) is 6. The minimum absolute atomic E-state index is 0.00500. The molecule has 2 heterocycles. The molecular formula is C25H24N4O3. The van der Waals surface area contributed by atoms with Gasteiger partial charge in [-0.05, 0) is 30.2 Å². The van der Waals surface area contributed by atoms with Crippen molar-refractivity contribution < 1.29 is 13.9 Å². The third-order valence-corrected chi connectivity index (χ3v) is 5.31. The molecule has 0 saturated carbocycles. The summed E-state index contributed by atoms with van der Waals surface area (Å²) in [7, 11) is 0. The minimum Gasteiger partial charge on any atom is -0.484 e. The van der Waals surface area contributed by atoms with E-state index in [-0.39, 0.29) is 18.2 Å². The van der Waals surface area contributed by atoms with Crippen LogP contribution in [-0.2, 0) is 4.79 Å². The van der Waals surface area contributed by atoms with Gasteiger partial charge in [-0.3, -0.25) is 4.79 Å². The van der Waals surface area contributed by atoms with Crippen molar-refractivity contribution in [2.75, 3.05) is 37.7 Å². The lowest BCUT2D eigenvalue weighted by molar-refractivity contribution is -0.133. The molecule has 4 rings (SSSR count). The number of carbonyl (C=O) groups is 1. The van der Waals surface area contributed by atoms with Crippen molar-refractivity contribution in [1.29, 1.82) is 5.26 Å². The molecule has 3 aromatic rings. The van der Waals surface area contributed by atoms with Gasteiger partial charge in [0, 0.05) is 32.3 Å². The highest BCUT2D eigenvalue weighted by molar-refractivity contribution is 5.78. The molecule has 0 unspecified atom stereocenters. The zero-order valence-corrected chi connectivity index (χ0v) is 17.9. The Morgan fingerprint density at radius 3 is 2.53 bits per heavy atom. The first-order valence-corrected chi connectivity index (χ1v) is 10.5. The summed E-state index contributed by atoms with van der Waals surface area (Å²) in [6, 6.07) is 19.6. The van der Waals surface area contributed by atoms with Crippen LogP contribution in [0.1, 0.15) is 22.7 Å². The number of hydrogen-bond donors (Lipinski definition) is 0. The van der Waals surface area contributed by atoms with Crippen LogP contribution >= 0.6 is 0 Å². The lowest BCUT2D eigenvalue weighted by atomic mass is 10.2. The number of nitriles is 1. The average Bonchev–Trinajstić information content (AvgIpc) is 3.26. The van der Waals surface area contributed by atoms with Gasteiger partial charge < -0.3 is 19.0 Å². The van der Waals surface area contributed by atoms with Crippen LogP contribution < -0.4 is 9.64 Å². The number of carbonyl (C=O) groups excluding carboxylic acids is 1. The lowest BCUT2D eigenvalue weighted by Gasteiger charge is -2.34. The number of rotatable bonds is 6. The number of piperazine rings is 1. The van der Waals surface area contributed by atoms with Gasteiger partial charge in [0.15, 0.2) is 6.61 Å². The molecular weight excluding hydrogens is 404 g/mol. The van der Waals surface area contributed by atoms with Crippen LogP contribution in [0.3, 0.4) is 0 Å². The Hall–Kier alpha value is -4.05. The number of anilines is 1. The van der Waals surface area contributed by atoms with Gasteiger partial charge in [-0.2, -0.15) is 10.2 Å². The Bertz CT molecular complexity index is 1140. The van der Waals surface area contributed by atoms with E-state index in [1.807, 2.05) is 72.5 Å². The number of para-hydroxylation sites is 1. The van der Waals surface area contributed by atoms with Gasteiger partial charge in [-0.1, -0.05) is 48.5 Å². The van der Waals surface area contributed by atoms with E-state index in [2.05, 4.69) is 11.1 Å². The van der Waals surface area contributed by atoms with E-state index in [1.165, 1.54) is 0 Å². The molecule has 1 fully saturated rings. The van der Waals surface area contributed by atoms with E-state index >= 15 is 0 Å². The molecule has 0 radical (unpaired) electrons. The normalized spacial score (nSPS) is 13.9. The maximum Gasteiger partial charge on any atom is 0.260 e. The molecule has 32 heavy (non-hydrogen) atoms. The van der Waals surface area contributed by atoms with E-state index in [4.69, 9.17) is 9.15 Å². The van der Waals surface area contributed by atoms with Gasteiger partial charge >= 0.3 is 0 Å². The van der Waals surface area contributed by atoms with Gasteiger partial charge in [0.05, 0.1) is 0 Å². The number of oxazole rings is 1. The molecule has 0 spiro atoms. The zero-order chi connectivity index (χ0) is 22.3. The number of amides is 1. The van der Waals surface area contributed by atoms with Gasteiger partial charge in [0.2, 0.25) is 17.5 Å². The van der Waals surface area contributed by atoms with E-state index in [1.54, 1.807) is 11.0 Å². The monoisotopic (exact) mass is 428 g/mol. The summed E-state index contributed by atoms with van der Waals surface area (Å²) in [6.45, 7) is 4.12. The van der Waals surface area contributed by atoms with Crippen molar-refractivity contribution in [2.45, 2.75) is 6.92 Å². The first-order valence-electron chi connectivity index (χ1n) is 10.5. The summed E-state index contributed by atoms with van der Waals surface area (Å²) in [5.74, 6) is 1.49. The first kappa shape index (κ1) is 21.2. The Morgan fingerprint density at radius 2 is 1.81 bits per heavy atom. The molecule has 0 bridgehead atoms. The van der Waals surface area contributed by atoms with E-state index in [0.717, 1.165) is 16.9 Å². The molecule has 1 aromatic heterocycles. The van der Waals surface area contributed by atoms with Crippen molar-refractivity contribution in [3.8, 4) is 11.8 Å². The zero-order valence-electron chi connectivity index (χ0n) is 17.9. The predicted octanol–water partition coefficient (Wildman–Crippen LogP) is 3.75. The molecule has 1 aliphatic rings. The van der Waals surface area contributed by atoms with Crippen molar-refractivity contribution in [2.24, 2.45) is 0 Å². The van der Waals surface area contributed by atoms with Crippen molar-refractivity contribution in [1.82, 2.24) is 9.88 Å². The topological polar surface area (TPSA) is 82.6 Å². The van der Waals surface area contributed by atoms with Crippen molar-refractivity contribution in [3.05, 3.63) is 77.3 Å². The molecule has 1 aliphatic heterocycles. The average molecular weight is 428 g/mol. The maximum absolute atomic E-state index is 12.6. The fraction of sp³-hybridized carbons (Fsp3) is 0.240. The standard InChI is InChI=1S/C25H24N4O3/c1-19-7-5-6-10-22(19)31-18-24(30)28-13-15-29(16-14-28)25-21(17-26)27-23(32-25)12-11-20-8-3-2-4-9-20/h2-12H,13-16,18H2,1H3/b12-11+. The minimum atomic E-state index is -0.0579. The van der Waals surface area contributed by atoms with Gasteiger partial charge in [-0.25, -0.2) is 0 Å². The number of nitrogens with zero attached hydrogens (tertiary/aromatic N) is 4. The third-order valence-electron chi connectivity index (χ3n) is 5.31. The van der Waals surface area contributed by atoms with Crippen LogP contribution in [0.5, 0.6) is 5.75 Å². The van der Waals surface area contributed by atoms with Crippen LogP contribution in [0.15, 0.2) is 59.0 Å². The first-order chi connectivity index (χ1) is 15.6. The SMILES string of the molecule is Cc1ccccc1OCC(=O)N1CCN(c2oc(/C=C/c3ccccc3)nc2C#N)CC1. The predicted molar refractivity (Wildman–Crippen MR) is 122 cm³/mol. The second-order valence-electron chi connectivity index (χ2n) is 7.48. The van der Waals surface area contributed by atoms with Crippen molar-refractivity contribution in [3.63, 3.8) is 0 Å².